The van der Waals surface area contributed by atoms with E-state index in [1.54, 1.807) is 41.3 Å². The molecule has 1 heterocycles. The van der Waals surface area contributed by atoms with Gasteiger partial charge < -0.3 is 9.74 Å². The number of oxime groups is 1. The quantitative estimate of drug-likeness (QED) is 0.445. The lowest BCUT2D eigenvalue weighted by Crippen LogP contribution is -2.40. The van der Waals surface area contributed by atoms with Crippen molar-refractivity contribution in [3.8, 4) is 0 Å². The van der Waals surface area contributed by atoms with Crippen molar-refractivity contribution in [1.82, 2.24) is 4.90 Å². The average molecular weight is 449 g/mol. The van der Waals surface area contributed by atoms with Crippen molar-refractivity contribution in [1.29, 1.82) is 0 Å². The molecule has 0 N–H and O–H groups in total. The molecule has 0 aliphatic carbocycles. The number of amides is 1. The summed E-state index contributed by atoms with van der Waals surface area (Å²) < 4.78 is 28.6. The third-order valence-corrected chi connectivity index (χ3v) is 5.88. The lowest BCUT2D eigenvalue weighted by Gasteiger charge is -2.29. The van der Waals surface area contributed by atoms with Crippen LogP contribution in [0.4, 0.5) is 8.78 Å². The lowest BCUT2D eigenvalue weighted by molar-refractivity contribution is -0.135. The van der Waals surface area contributed by atoms with E-state index in [4.69, 9.17) is 4.84 Å². The van der Waals surface area contributed by atoms with Crippen molar-refractivity contribution < 1.29 is 18.4 Å². The molecule has 1 aliphatic rings. The minimum atomic E-state index is -0.441. The van der Waals surface area contributed by atoms with Gasteiger partial charge in [0.2, 0.25) is 5.91 Å². The van der Waals surface area contributed by atoms with Gasteiger partial charge >= 0.3 is 0 Å². The van der Waals surface area contributed by atoms with Gasteiger partial charge in [0.05, 0.1) is 18.2 Å². The maximum absolute atomic E-state index is 14.4. The van der Waals surface area contributed by atoms with Gasteiger partial charge in [-0.05, 0) is 24.1 Å². The first-order valence-corrected chi connectivity index (χ1v) is 11.1. The zero-order chi connectivity index (χ0) is 23.2. The van der Waals surface area contributed by atoms with Crippen molar-refractivity contribution in [2.45, 2.75) is 38.3 Å². The first kappa shape index (κ1) is 22.6. The Hall–Kier alpha value is -3.54. The number of carbonyl (C=O) groups is 1. The minimum absolute atomic E-state index is 0.102. The summed E-state index contributed by atoms with van der Waals surface area (Å²) in [4.78, 5) is 20.8. The fraction of sp³-hybridized carbons (Fsp3) is 0.259. The lowest BCUT2D eigenvalue weighted by atomic mass is 9.94. The third-order valence-electron chi connectivity index (χ3n) is 5.88. The summed E-state index contributed by atoms with van der Waals surface area (Å²) >= 11 is 0. The fourth-order valence-corrected chi connectivity index (χ4v) is 4.15. The van der Waals surface area contributed by atoms with Crippen molar-refractivity contribution in [2.75, 3.05) is 6.54 Å². The zero-order valence-corrected chi connectivity index (χ0v) is 18.5. The molecule has 0 saturated heterocycles. The Morgan fingerprint density at radius 3 is 2.36 bits per heavy atom. The van der Waals surface area contributed by atoms with Crippen molar-refractivity contribution >= 4 is 11.6 Å². The highest BCUT2D eigenvalue weighted by Gasteiger charge is 2.31. The Kier molecular flexibility index (Phi) is 7.13. The summed E-state index contributed by atoms with van der Waals surface area (Å²) in [6.45, 7) is 2.30. The maximum Gasteiger partial charge on any atom is 0.230 e. The van der Waals surface area contributed by atoms with Crippen LogP contribution in [-0.4, -0.2) is 29.2 Å². The molecule has 0 fully saturated rings. The topological polar surface area (TPSA) is 41.9 Å². The summed E-state index contributed by atoms with van der Waals surface area (Å²) in [5.74, 6) is -1.19. The van der Waals surface area contributed by atoms with Crippen LogP contribution < -0.4 is 0 Å². The summed E-state index contributed by atoms with van der Waals surface area (Å²) in [5, 5.41) is 4.07. The van der Waals surface area contributed by atoms with Gasteiger partial charge in [-0.25, -0.2) is 8.78 Å². The van der Waals surface area contributed by atoms with E-state index in [-0.39, 0.29) is 36.5 Å². The standard InChI is InChI=1S/C27H26F2N2O2/c1-2-22(19-10-4-3-5-11-19)27(32)31(17-20-12-6-8-14-24(20)28)18-21-16-26(30-33-21)23-13-7-9-15-25(23)29/h3-15,21-22H,2,16-18H2,1H3. The Labute approximate surface area is 192 Å². The second-order valence-corrected chi connectivity index (χ2v) is 8.13. The molecule has 3 aromatic carbocycles. The van der Waals surface area contributed by atoms with Crippen LogP contribution in [0.1, 0.15) is 42.4 Å². The molecule has 33 heavy (non-hydrogen) atoms. The Morgan fingerprint density at radius 2 is 1.67 bits per heavy atom. The Morgan fingerprint density at radius 1 is 1.00 bits per heavy atom. The summed E-state index contributed by atoms with van der Waals surface area (Å²) in [6.07, 6.45) is 0.534. The largest absolute Gasteiger partial charge is 0.390 e. The van der Waals surface area contributed by atoms with Gasteiger partial charge in [-0.15, -0.1) is 0 Å². The maximum atomic E-state index is 14.4. The normalized spacial score (nSPS) is 16.1. The number of rotatable bonds is 8. The Bertz CT molecular complexity index is 1130. The van der Waals surface area contributed by atoms with Gasteiger partial charge in [0.1, 0.15) is 11.6 Å². The third kappa shape index (κ3) is 5.28. The van der Waals surface area contributed by atoms with E-state index in [9.17, 15) is 13.6 Å². The van der Waals surface area contributed by atoms with Crippen molar-refractivity contribution in [3.05, 3.63) is 107 Å². The molecule has 4 nitrogen and oxygen atoms in total. The summed E-state index contributed by atoms with van der Waals surface area (Å²) in [5.41, 5.74) is 2.25. The molecule has 1 amide bonds. The van der Waals surface area contributed by atoms with E-state index in [0.717, 1.165) is 5.56 Å². The van der Waals surface area contributed by atoms with Crippen molar-refractivity contribution in [3.63, 3.8) is 0 Å². The highest BCUT2D eigenvalue weighted by Crippen LogP contribution is 2.26. The molecule has 2 atom stereocenters. The molecule has 0 saturated carbocycles. The van der Waals surface area contributed by atoms with Gasteiger partial charge in [0, 0.05) is 24.1 Å². The van der Waals surface area contributed by atoms with Crippen LogP contribution in [0, 0.1) is 11.6 Å². The van der Waals surface area contributed by atoms with Gasteiger partial charge in [0.25, 0.3) is 0 Å². The molecule has 4 rings (SSSR count). The molecule has 170 valence electrons. The summed E-state index contributed by atoms with van der Waals surface area (Å²) in [7, 11) is 0. The monoisotopic (exact) mass is 448 g/mol. The van der Waals surface area contributed by atoms with E-state index < -0.39 is 6.10 Å². The fourth-order valence-electron chi connectivity index (χ4n) is 4.15. The van der Waals surface area contributed by atoms with Crippen LogP contribution in [0.2, 0.25) is 0 Å². The second-order valence-electron chi connectivity index (χ2n) is 8.13. The number of halogens is 2. The molecule has 1 aliphatic heterocycles. The molecule has 2 unspecified atom stereocenters. The number of hydrogen-bond acceptors (Lipinski definition) is 3. The smallest absolute Gasteiger partial charge is 0.230 e. The predicted molar refractivity (Wildman–Crippen MR) is 124 cm³/mol. The predicted octanol–water partition coefficient (Wildman–Crippen LogP) is 5.68. The van der Waals surface area contributed by atoms with E-state index in [0.29, 0.717) is 29.7 Å². The highest BCUT2D eigenvalue weighted by molar-refractivity contribution is 6.01. The molecule has 3 aromatic rings. The molecule has 6 heteroatoms. The number of hydrogen-bond donors (Lipinski definition) is 0. The van der Waals surface area contributed by atoms with E-state index in [1.807, 2.05) is 37.3 Å². The molecule has 0 aromatic heterocycles. The molecular formula is C27H26F2N2O2. The zero-order valence-electron chi connectivity index (χ0n) is 18.5. The van der Waals surface area contributed by atoms with Gasteiger partial charge in [0.15, 0.2) is 6.10 Å². The van der Waals surface area contributed by atoms with Gasteiger partial charge in [-0.2, -0.15) is 0 Å². The van der Waals surface area contributed by atoms with Crippen LogP contribution in [0.3, 0.4) is 0 Å². The SMILES string of the molecule is CCC(C(=O)N(Cc1ccccc1F)CC1CC(c2ccccc2F)=NO1)c1ccccc1. The molecular weight excluding hydrogens is 422 g/mol. The molecule has 0 radical (unpaired) electrons. The van der Waals surface area contributed by atoms with Crippen LogP contribution >= 0.6 is 0 Å². The van der Waals surface area contributed by atoms with E-state index in [1.165, 1.54) is 12.1 Å². The Balaban J connectivity index is 1.55. The van der Waals surface area contributed by atoms with Crippen molar-refractivity contribution in [2.24, 2.45) is 5.16 Å². The van der Waals surface area contributed by atoms with E-state index in [2.05, 4.69) is 5.16 Å². The summed E-state index contributed by atoms with van der Waals surface area (Å²) in [6, 6.07) is 22.4. The number of nitrogens with zero attached hydrogens (tertiary/aromatic N) is 2. The van der Waals surface area contributed by atoms with Crippen LogP contribution in [0.15, 0.2) is 84.0 Å². The average Bonchev–Trinajstić information content (AvgIpc) is 3.30. The van der Waals surface area contributed by atoms with E-state index >= 15 is 0 Å². The number of carbonyl (C=O) groups excluding carboxylic acids is 1. The first-order chi connectivity index (χ1) is 16.1. The van der Waals surface area contributed by atoms with Crippen LogP contribution in [-0.2, 0) is 16.2 Å². The van der Waals surface area contributed by atoms with Crippen LogP contribution in [0.25, 0.3) is 0 Å². The second kappa shape index (κ2) is 10.4. The van der Waals surface area contributed by atoms with Crippen LogP contribution in [0.5, 0.6) is 0 Å². The first-order valence-electron chi connectivity index (χ1n) is 11.1. The minimum Gasteiger partial charge on any atom is -0.390 e. The molecule has 0 bridgehead atoms. The highest BCUT2D eigenvalue weighted by atomic mass is 19.1. The van der Waals surface area contributed by atoms with Gasteiger partial charge in [-0.1, -0.05) is 78.8 Å². The number of benzene rings is 3. The van der Waals surface area contributed by atoms with Gasteiger partial charge in [-0.3, -0.25) is 4.79 Å². The molecule has 0 spiro atoms.